The quantitative estimate of drug-likeness (QED) is 0.855. The summed E-state index contributed by atoms with van der Waals surface area (Å²) in [5.74, 6) is 2.55. The Hall–Kier alpha value is -1.43. The van der Waals surface area contributed by atoms with Crippen molar-refractivity contribution in [1.29, 1.82) is 0 Å². The number of likely N-dealkylation sites (tertiary alicyclic amines) is 1. The van der Waals surface area contributed by atoms with Crippen molar-refractivity contribution in [3.8, 4) is 0 Å². The van der Waals surface area contributed by atoms with Crippen LogP contribution in [0.15, 0.2) is 0 Å². The summed E-state index contributed by atoms with van der Waals surface area (Å²) in [5.41, 5.74) is 0. The van der Waals surface area contributed by atoms with Gasteiger partial charge in [-0.2, -0.15) is 5.10 Å². The maximum Gasteiger partial charge on any atom is 0.222 e. The average molecular weight is 306 g/mol. The average Bonchev–Trinajstić information content (AvgIpc) is 2.87. The summed E-state index contributed by atoms with van der Waals surface area (Å²) < 4.78 is 7.38. The molecule has 1 amide bonds. The third-order valence-corrected chi connectivity index (χ3v) is 4.81. The molecule has 6 nitrogen and oxygen atoms in total. The molecule has 2 saturated heterocycles. The fourth-order valence-electron chi connectivity index (χ4n) is 3.59. The first-order valence-corrected chi connectivity index (χ1v) is 8.38. The maximum absolute atomic E-state index is 12.6. The number of carbonyl (C=O) groups excluding carboxylic acids is 1. The van der Waals surface area contributed by atoms with E-state index in [0.717, 1.165) is 63.6 Å². The molecule has 6 heteroatoms. The number of rotatable bonds is 3. The molecule has 0 spiro atoms. The Balaban J connectivity index is 1.60. The fourth-order valence-corrected chi connectivity index (χ4v) is 3.59. The summed E-state index contributed by atoms with van der Waals surface area (Å²) in [6, 6.07) is 0.272. The maximum atomic E-state index is 12.6. The minimum Gasteiger partial charge on any atom is -0.381 e. The number of aromatic nitrogens is 3. The van der Waals surface area contributed by atoms with E-state index in [2.05, 4.69) is 10.1 Å². The van der Waals surface area contributed by atoms with Crippen LogP contribution in [0, 0.1) is 19.8 Å². The van der Waals surface area contributed by atoms with Gasteiger partial charge < -0.3 is 9.64 Å². The van der Waals surface area contributed by atoms with Crippen LogP contribution < -0.4 is 0 Å². The van der Waals surface area contributed by atoms with E-state index in [1.54, 1.807) is 0 Å². The lowest BCUT2D eigenvalue weighted by atomic mass is 9.95. The Morgan fingerprint density at radius 3 is 2.73 bits per heavy atom. The first kappa shape index (κ1) is 15.5. The van der Waals surface area contributed by atoms with E-state index >= 15 is 0 Å². The number of hydrogen-bond donors (Lipinski definition) is 0. The van der Waals surface area contributed by atoms with Gasteiger partial charge in [0, 0.05) is 32.7 Å². The minimum atomic E-state index is 0.272. The van der Waals surface area contributed by atoms with Crippen LogP contribution in [0.2, 0.25) is 0 Å². The Morgan fingerprint density at radius 2 is 2.05 bits per heavy atom. The van der Waals surface area contributed by atoms with Gasteiger partial charge in [-0.3, -0.25) is 4.79 Å². The van der Waals surface area contributed by atoms with Crippen molar-refractivity contribution in [1.82, 2.24) is 19.7 Å². The third kappa shape index (κ3) is 3.48. The molecule has 0 saturated carbocycles. The van der Waals surface area contributed by atoms with Crippen LogP contribution in [0.1, 0.15) is 49.8 Å². The third-order valence-electron chi connectivity index (χ3n) is 4.81. The molecule has 3 heterocycles. The number of hydrogen-bond acceptors (Lipinski definition) is 4. The summed E-state index contributed by atoms with van der Waals surface area (Å²) in [4.78, 5) is 19.0. The summed E-state index contributed by atoms with van der Waals surface area (Å²) in [5, 5.41) is 4.49. The van der Waals surface area contributed by atoms with E-state index in [1.165, 1.54) is 0 Å². The zero-order valence-corrected chi connectivity index (χ0v) is 13.6. The van der Waals surface area contributed by atoms with Gasteiger partial charge in [-0.15, -0.1) is 0 Å². The molecule has 122 valence electrons. The van der Waals surface area contributed by atoms with Crippen molar-refractivity contribution >= 4 is 5.91 Å². The highest BCUT2D eigenvalue weighted by molar-refractivity contribution is 5.76. The molecule has 3 rings (SSSR count). The largest absolute Gasteiger partial charge is 0.381 e. The molecule has 2 aliphatic rings. The van der Waals surface area contributed by atoms with Crippen LogP contribution in [-0.4, -0.2) is 51.9 Å². The van der Waals surface area contributed by atoms with Crippen molar-refractivity contribution in [3.05, 3.63) is 11.6 Å². The lowest BCUT2D eigenvalue weighted by molar-refractivity contribution is -0.134. The van der Waals surface area contributed by atoms with Gasteiger partial charge in [0.25, 0.3) is 0 Å². The van der Waals surface area contributed by atoms with E-state index in [9.17, 15) is 4.79 Å². The SMILES string of the molecule is Cc1nc(C)n(C2CCCN(C(=O)CC3CCOCC3)C2)n1. The van der Waals surface area contributed by atoms with Gasteiger partial charge >= 0.3 is 0 Å². The van der Waals surface area contributed by atoms with Crippen molar-refractivity contribution in [2.24, 2.45) is 5.92 Å². The highest BCUT2D eigenvalue weighted by Gasteiger charge is 2.28. The molecule has 1 atom stereocenters. The van der Waals surface area contributed by atoms with Gasteiger partial charge in [-0.25, -0.2) is 9.67 Å². The molecule has 22 heavy (non-hydrogen) atoms. The molecule has 2 fully saturated rings. The molecule has 1 unspecified atom stereocenters. The standard InChI is InChI=1S/C16H26N4O2/c1-12-17-13(2)20(18-12)15-4-3-7-19(11-15)16(21)10-14-5-8-22-9-6-14/h14-15H,3-11H2,1-2H3. The van der Waals surface area contributed by atoms with E-state index in [-0.39, 0.29) is 6.04 Å². The summed E-state index contributed by atoms with van der Waals surface area (Å²) >= 11 is 0. The van der Waals surface area contributed by atoms with E-state index in [0.29, 0.717) is 18.2 Å². The first-order valence-electron chi connectivity index (χ1n) is 8.38. The van der Waals surface area contributed by atoms with Gasteiger partial charge in [-0.05, 0) is 45.4 Å². The van der Waals surface area contributed by atoms with Gasteiger partial charge in [0.05, 0.1) is 6.04 Å². The predicted molar refractivity (Wildman–Crippen MR) is 82.5 cm³/mol. The summed E-state index contributed by atoms with van der Waals surface area (Å²) in [6.45, 7) is 7.16. The number of ether oxygens (including phenoxy) is 1. The van der Waals surface area contributed by atoms with Crippen LogP contribution in [0.4, 0.5) is 0 Å². The molecule has 1 aromatic rings. The zero-order valence-electron chi connectivity index (χ0n) is 13.6. The van der Waals surface area contributed by atoms with Crippen LogP contribution in [-0.2, 0) is 9.53 Å². The summed E-state index contributed by atoms with van der Waals surface area (Å²) in [6.07, 6.45) is 4.83. The Kier molecular flexibility index (Phi) is 4.76. The van der Waals surface area contributed by atoms with Gasteiger partial charge in [0.15, 0.2) is 0 Å². The van der Waals surface area contributed by atoms with Crippen LogP contribution in [0.3, 0.4) is 0 Å². The number of piperidine rings is 1. The second kappa shape index (κ2) is 6.77. The van der Waals surface area contributed by atoms with Crippen LogP contribution >= 0.6 is 0 Å². The monoisotopic (exact) mass is 306 g/mol. The van der Waals surface area contributed by atoms with E-state index in [1.807, 2.05) is 23.4 Å². The molecule has 0 aromatic carbocycles. The zero-order chi connectivity index (χ0) is 15.5. The Labute approximate surface area is 131 Å². The molecule has 0 radical (unpaired) electrons. The predicted octanol–water partition coefficient (Wildman–Crippen LogP) is 1.88. The van der Waals surface area contributed by atoms with Gasteiger partial charge in [0.1, 0.15) is 11.6 Å². The van der Waals surface area contributed by atoms with Crippen molar-refractivity contribution in [2.45, 2.75) is 52.0 Å². The minimum absolute atomic E-state index is 0.272. The van der Waals surface area contributed by atoms with Crippen molar-refractivity contribution in [3.63, 3.8) is 0 Å². The van der Waals surface area contributed by atoms with Gasteiger partial charge in [0.2, 0.25) is 5.91 Å². The van der Waals surface area contributed by atoms with Gasteiger partial charge in [-0.1, -0.05) is 0 Å². The van der Waals surface area contributed by atoms with E-state index in [4.69, 9.17) is 4.74 Å². The number of amides is 1. The molecule has 2 aliphatic heterocycles. The smallest absolute Gasteiger partial charge is 0.222 e. The van der Waals surface area contributed by atoms with Crippen LogP contribution in [0.25, 0.3) is 0 Å². The number of aryl methyl sites for hydroxylation is 2. The molecule has 1 aromatic heterocycles. The molecule has 0 N–H and O–H groups in total. The fraction of sp³-hybridized carbons (Fsp3) is 0.812. The molecular formula is C16H26N4O2. The summed E-state index contributed by atoms with van der Waals surface area (Å²) in [7, 11) is 0. The normalized spacial score (nSPS) is 23.7. The number of nitrogens with zero attached hydrogens (tertiary/aromatic N) is 4. The molecule has 0 aliphatic carbocycles. The highest BCUT2D eigenvalue weighted by atomic mass is 16.5. The van der Waals surface area contributed by atoms with Crippen molar-refractivity contribution < 1.29 is 9.53 Å². The lowest BCUT2D eigenvalue weighted by Crippen LogP contribution is -2.42. The Bertz CT molecular complexity index is 522. The first-order chi connectivity index (χ1) is 10.6. The second-order valence-electron chi connectivity index (χ2n) is 6.55. The van der Waals surface area contributed by atoms with Crippen molar-refractivity contribution in [2.75, 3.05) is 26.3 Å². The second-order valence-corrected chi connectivity index (χ2v) is 6.55. The van der Waals surface area contributed by atoms with E-state index < -0.39 is 0 Å². The topological polar surface area (TPSA) is 60.2 Å². The molecular weight excluding hydrogens is 280 g/mol. The highest BCUT2D eigenvalue weighted by Crippen LogP contribution is 2.25. The van der Waals surface area contributed by atoms with Crippen LogP contribution in [0.5, 0.6) is 0 Å². The molecule has 0 bridgehead atoms. The Morgan fingerprint density at radius 1 is 1.27 bits per heavy atom. The number of carbonyl (C=O) groups is 1. The lowest BCUT2D eigenvalue weighted by Gasteiger charge is -2.34.